The topological polar surface area (TPSA) is 129 Å². The molecule has 0 radical (unpaired) electrons. The van der Waals surface area contributed by atoms with Crippen LogP contribution in [0.2, 0.25) is 0 Å². The van der Waals surface area contributed by atoms with Gasteiger partial charge in [-0.05, 0) is 35.6 Å². The highest BCUT2D eigenvalue weighted by molar-refractivity contribution is 6.06. The number of amides is 3. The van der Waals surface area contributed by atoms with E-state index in [-0.39, 0.29) is 23.7 Å². The highest BCUT2D eigenvalue weighted by Gasteiger charge is 2.36. The van der Waals surface area contributed by atoms with E-state index in [4.69, 9.17) is 5.26 Å². The molecule has 36 heavy (non-hydrogen) atoms. The molecule has 1 fully saturated rings. The summed E-state index contributed by atoms with van der Waals surface area (Å²) in [4.78, 5) is 37.9. The number of aromatic nitrogens is 2. The molecule has 186 valence electrons. The summed E-state index contributed by atoms with van der Waals surface area (Å²) >= 11 is 0. The molecule has 1 unspecified atom stereocenters. The third kappa shape index (κ3) is 5.20. The Labute approximate surface area is 207 Å². The Kier molecular flexibility index (Phi) is 6.75. The first-order valence-electron chi connectivity index (χ1n) is 11.6. The van der Waals surface area contributed by atoms with E-state index in [1.807, 2.05) is 20.8 Å². The van der Waals surface area contributed by atoms with Crippen LogP contribution in [0.4, 0.5) is 4.39 Å². The molecule has 2 aromatic carbocycles. The number of carbonyl (C=O) groups excluding carboxylic acids is 3. The lowest BCUT2D eigenvalue weighted by molar-refractivity contribution is -0.126. The van der Waals surface area contributed by atoms with Gasteiger partial charge >= 0.3 is 0 Å². The predicted octanol–water partition coefficient (Wildman–Crippen LogP) is 2.59. The molecule has 2 atom stereocenters. The zero-order valence-electron chi connectivity index (χ0n) is 20.3. The first-order valence-corrected chi connectivity index (χ1v) is 11.6. The standard InChI is InChI=1S/C26H27FN6O3/c1-26(2,3)23(25(36)30-19-11-12-20(34)29-19)31-24(35)21-17-5-4-6-18(27)22(17)33(32-21)14-16-9-7-15(13-28)8-10-16/h4-10,19,23H,11-12,14H2,1-3H3,(H,29,34)(H,30,36)(H,31,35)/t19?,23-/m1/s1. The summed E-state index contributed by atoms with van der Waals surface area (Å²) in [5, 5.41) is 22.0. The van der Waals surface area contributed by atoms with Crippen LogP contribution in [0.25, 0.3) is 10.9 Å². The Morgan fingerprint density at radius 1 is 1.25 bits per heavy atom. The fourth-order valence-corrected chi connectivity index (χ4v) is 4.19. The second kappa shape index (κ2) is 9.77. The van der Waals surface area contributed by atoms with Gasteiger partial charge in [0.2, 0.25) is 11.8 Å². The highest BCUT2D eigenvalue weighted by atomic mass is 19.1. The molecule has 1 saturated heterocycles. The smallest absolute Gasteiger partial charge is 0.273 e. The maximum Gasteiger partial charge on any atom is 0.273 e. The maximum atomic E-state index is 14.8. The molecule has 1 aliphatic heterocycles. The lowest BCUT2D eigenvalue weighted by Gasteiger charge is -2.31. The normalized spacial score (nSPS) is 16.3. The molecule has 1 aliphatic rings. The van der Waals surface area contributed by atoms with E-state index in [0.717, 1.165) is 5.56 Å². The van der Waals surface area contributed by atoms with Gasteiger partial charge in [0.15, 0.2) is 5.69 Å². The monoisotopic (exact) mass is 490 g/mol. The molecule has 3 aromatic rings. The molecular weight excluding hydrogens is 463 g/mol. The lowest BCUT2D eigenvalue weighted by atomic mass is 9.86. The van der Waals surface area contributed by atoms with E-state index in [2.05, 4.69) is 27.1 Å². The summed E-state index contributed by atoms with van der Waals surface area (Å²) < 4.78 is 16.3. The average molecular weight is 491 g/mol. The lowest BCUT2D eigenvalue weighted by Crippen LogP contribution is -2.57. The Hall–Kier alpha value is -4.26. The first-order chi connectivity index (χ1) is 17.1. The summed E-state index contributed by atoms with van der Waals surface area (Å²) in [6, 6.07) is 12.3. The fraction of sp³-hybridized carbons (Fsp3) is 0.346. The van der Waals surface area contributed by atoms with Gasteiger partial charge < -0.3 is 16.0 Å². The number of nitrogens with zero attached hydrogens (tertiary/aromatic N) is 3. The number of halogens is 1. The van der Waals surface area contributed by atoms with Gasteiger partial charge in [0, 0.05) is 11.8 Å². The fourth-order valence-electron chi connectivity index (χ4n) is 4.19. The van der Waals surface area contributed by atoms with E-state index >= 15 is 0 Å². The van der Waals surface area contributed by atoms with E-state index in [1.165, 1.54) is 16.8 Å². The molecule has 4 rings (SSSR count). The minimum Gasteiger partial charge on any atom is -0.338 e. The number of para-hydroxylation sites is 1. The molecule has 9 nitrogen and oxygen atoms in total. The van der Waals surface area contributed by atoms with Gasteiger partial charge in [0.1, 0.15) is 23.5 Å². The van der Waals surface area contributed by atoms with Crippen LogP contribution in [-0.2, 0) is 16.1 Å². The Morgan fingerprint density at radius 2 is 1.97 bits per heavy atom. The number of nitrogens with one attached hydrogen (secondary N) is 3. The van der Waals surface area contributed by atoms with Crippen molar-refractivity contribution < 1.29 is 18.8 Å². The SMILES string of the molecule is CC(C)(C)[C@H](NC(=O)c1nn(Cc2ccc(C#N)cc2)c2c(F)cccc12)C(=O)NC1CCC(=O)N1. The molecule has 3 N–H and O–H groups in total. The number of fused-ring (bicyclic) bond motifs is 1. The molecule has 3 amide bonds. The molecule has 1 aromatic heterocycles. The third-order valence-electron chi connectivity index (χ3n) is 6.07. The van der Waals surface area contributed by atoms with Crippen LogP contribution in [0.3, 0.4) is 0 Å². The van der Waals surface area contributed by atoms with Crippen molar-refractivity contribution >= 4 is 28.6 Å². The van der Waals surface area contributed by atoms with Crippen molar-refractivity contribution in [2.24, 2.45) is 5.41 Å². The average Bonchev–Trinajstić information content (AvgIpc) is 3.40. The minimum absolute atomic E-state index is 0.00522. The summed E-state index contributed by atoms with van der Waals surface area (Å²) in [5.41, 5.74) is 0.777. The molecule has 0 aliphatic carbocycles. The van der Waals surface area contributed by atoms with Gasteiger partial charge in [-0.25, -0.2) is 4.39 Å². The zero-order chi connectivity index (χ0) is 26.0. The van der Waals surface area contributed by atoms with Gasteiger partial charge in [-0.2, -0.15) is 10.4 Å². The molecule has 10 heteroatoms. The molecule has 2 heterocycles. The molecule has 0 bridgehead atoms. The zero-order valence-corrected chi connectivity index (χ0v) is 20.3. The second-order valence-electron chi connectivity index (χ2n) is 9.89. The van der Waals surface area contributed by atoms with Gasteiger partial charge in [-0.3, -0.25) is 19.1 Å². The van der Waals surface area contributed by atoms with Gasteiger partial charge in [-0.15, -0.1) is 0 Å². The van der Waals surface area contributed by atoms with Crippen LogP contribution in [-0.4, -0.2) is 39.7 Å². The van der Waals surface area contributed by atoms with Crippen LogP contribution < -0.4 is 16.0 Å². The summed E-state index contributed by atoms with van der Waals surface area (Å²) in [5.74, 6) is -1.72. The van der Waals surface area contributed by atoms with Crippen LogP contribution in [0.1, 0.15) is 55.2 Å². The number of hydrogen-bond acceptors (Lipinski definition) is 5. The Bertz CT molecular complexity index is 1370. The van der Waals surface area contributed by atoms with Gasteiger partial charge in [0.25, 0.3) is 5.91 Å². The maximum absolute atomic E-state index is 14.8. The van der Waals surface area contributed by atoms with Crippen molar-refractivity contribution in [2.45, 2.75) is 52.4 Å². The van der Waals surface area contributed by atoms with Crippen LogP contribution >= 0.6 is 0 Å². The van der Waals surface area contributed by atoms with E-state index in [1.54, 1.807) is 30.3 Å². The number of benzene rings is 2. The van der Waals surface area contributed by atoms with E-state index in [0.29, 0.717) is 23.8 Å². The number of nitriles is 1. The third-order valence-corrected chi connectivity index (χ3v) is 6.07. The quantitative estimate of drug-likeness (QED) is 0.489. The second-order valence-corrected chi connectivity index (χ2v) is 9.89. The first kappa shape index (κ1) is 24.9. The van der Waals surface area contributed by atoms with Crippen molar-refractivity contribution in [1.29, 1.82) is 5.26 Å². The molecular formula is C26H27FN6O3. The van der Waals surface area contributed by atoms with Crippen molar-refractivity contribution in [3.8, 4) is 6.07 Å². The minimum atomic E-state index is -0.935. The molecule has 0 spiro atoms. The van der Waals surface area contributed by atoms with Crippen molar-refractivity contribution in [2.75, 3.05) is 0 Å². The Morgan fingerprint density at radius 3 is 2.58 bits per heavy atom. The van der Waals surface area contributed by atoms with Crippen LogP contribution in [0.5, 0.6) is 0 Å². The van der Waals surface area contributed by atoms with Crippen molar-refractivity contribution in [1.82, 2.24) is 25.7 Å². The van der Waals surface area contributed by atoms with E-state index in [9.17, 15) is 18.8 Å². The van der Waals surface area contributed by atoms with Gasteiger partial charge in [0.05, 0.1) is 18.2 Å². The van der Waals surface area contributed by atoms with Crippen LogP contribution in [0, 0.1) is 22.6 Å². The number of hydrogen-bond donors (Lipinski definition) is 3. The summed E-state index contributed by atoms with van der Waals surface area (Å²) in [6.45, 7) is 5.62. The summed E-state index contributed by atoms with van der Waals surface area (Å²) in [6.07, 6.45) is 0.304. The number of rotatable bonds is 6. The van der Waals surface area contributed by atoms with Gasteiger partial charge in [-0.1, -0.05) is 45.0 Å². The van der Waals surface area contributed by atoms with E-state index < -0.39 is 35.3 Å². The van der Waals surface area contributed by atoms with Crippen LogP contribution in [0.15, 0.2) is 42.5 Å². The van der Waals surface area contributed by atoms with Crippen molar-refractivity contribution in [3.63, 3.8) is 0 Å². The predicted molar refractivity (Wildman–Crippen MR) is 130 cm³/mol. The van der Waals surface area contributed by atoms with Crippen molar-refractivity contribution in [3.05, 3.63) is 65.1 Å². The largest absolute Gasteiger partial charge is 0.338 e. The molecule has 0 saturated carbocycles. The highest BCUT2D eigenvalue weighted by Crippen LogP contribution is 2.25. The summed E-state index contributed by atoms with van der Waals surface area (Å²) in [7, 11) is 0. The number of carbonyl (C=O) groups is 3. The Balaban J connectivity index is 1.62.